The molecule has 0 heterocycles. The van der Waals surface area contributed by atoms with Crippen molar-refractivity contribution in [1.82, 2.24) is 10.2 Å². The van der Waals surface area contributed by atoms with E-state index in [0.29, 0.717) is 0 Å². The molecule has 114 valence electrons. The molecule has 0 aromatic heterocycles. The van der Waals surface area contributed by atoms with Gasteiger partial charge in [0.05, 0.1) is 0 Å². The minimum Gasteiger partial charge on any atom is -0.314 e. The van der Waals surface area contributed by atoms with Crippen molar-refractivity contribution >= 4 is 0 Å². The second kappa shape index (κ2) is 10.7. The Balaban J connectivity index is 1.92. The second-order valence-corrected chi connectivity index (χ2v) is 6.22. The van der Waals surface area contributed by atoms with E-state index in [1.807, 2.05) is 0 Å². The van der Waals surface area contributed by atoms with E-state index in [4.69, 9.17) is 0 Å². The van der Waals surface area contributed by atoms with Gasteiger partial charge in [0.2, 0.25) is 0 Å². The van der Waals surface area contributed by atoms with Crippen LogP contribution >= 0.6 is 0 Å². The highest BCUT2D eigenvalue weighted by atomic mass is 15.1. The maximum Gasteiger partial charge on any atom is 0.00682 e. The normalized spacial score (nSPS) is 15.6. The number of unbranched alkanes of at least 4 members (excludes halogenated alkanes) is 3. The molecule has 0 aromatic rings. The van der Waals surface area contributed by atoms with Gasteiger partial charge in [0.25, 0.3) is 0 Å². The molecular weight excluding hydrogens is 232 g/mol. The third kappa shape index (κ3) is 8.65. The summed E-state index contributed by atoms with van der Waals surface area (Å²) in [5.74, 6) is 0.905. The molecule has 0 bridgehead atoms. The first-order valence-corrected chi connectivity index (χ1v) is 8.75. The Morgan fingerprint density at radius 3 is 2.26 bits per heavy atom. The minimum absolute atomic E-state index is 0.885. The van der Waals surface area contributed by atoms with Crippen LogP contribution in [0.25, 0.3) is 0 Å². The Morgan fingerprint density at radius 1 is 1.00 bits per heavy atom. The van der Waals surface area contributed by atoms with E-state index < -0.39 is 0 Å². The smallest absolute Gasteiger partial charge is 0.00682 e. The molecular formula is C17H36N2. The van der Waals surface area contributed by atoms with Gasteiger partial charge in [-0.25, -0.2) is 0 Å². The van der Waals surface area contributed by atoms with E-state index in [-0.39, 0.29) is 0 Å². The van der Waals surface area contributed by atoms with Gasteiger partial charge in [-0.3, -0.25) is 0 Å². The van der Waals surface area contributed by atoms with Crippen molar-refractivity contribution in [2.75, 3.05) is 26.2 Å². The van der Waals surface area contributed by atoms with Gasteiger partial charge in [-0.15, -0.1) is 0 Å². The molecule has 1 aliphatic carbocycles. The van der Waals surface area contributed by atoms with Crippen molar-refractivity contribution < 1.29 is 0 Å². The lowest BCUT2D eigenvalue weighted by Crippen LogP contribution is -2.30. The molecule has 0 amide bonds. The highest BCUT2D eigenvalue weighted by molar-refractivity contribution is 4.80. The molecule has 2 nitrogen and oxygen atoms in total. The topological polar surface area (TPSA) is 15.3 Å². The first kappa shape index (κ1) is 17.0. The summed E-state index contributed by atoms with van der Waals surface area (Å²) in [4.78, 5) is 2.65. The fraction of sp³-hybridized carbons (Fsp3) is 1.00. The van der Waals surface area contributed by atoms with Crippen LogP contribution in [0.3, 0.4) is 0 Å². The number of hydrogen-bond donors (Lipinski definition) is 1. The number of rotatable bonds is 13. The summed E-state index contributed by atoms with van der Waals surface area (Å²) >= 11 is 0. The van der Waals surface area contributed by atoms with Crippen LogP contribution in [-0.4, -0.2) is 37.1 Å². The summed E-state index contributed by atoms with van der Waals surface area (Å²) in [6, 6.07) is 0.885. The molecule has 0 radical (unpaired) electrons. The van der Waals surface area contributed by atoms with E-state index in [1.165, 1.54) is 77.5 Å². The third-order valence-electron chi connectivity index (χ3n) is 4.53. The SMILES string of the molecule is CCC(CC)CN(CC)CCCCCCNC1CC1. The Bertz CT molecular complexity index is 197. The van der Waals surface area contributed by atoms with Gasteiger partial charge in [-0.1, -0.05) is 46.5 Å². The second-order valence-electron chi connectivity index (χ2n) is 6.22. The first-order chi connectivity index (χ1) is 9.30. The van der Waals surface area contributed by atoms with Crippen molar-refractivity contribution in [3.63, 3.8) is 0 Å². The van der Waals surface area contributed by atoms with Crippen LogP contribution in [-0.2, 0) is 0 Å². The zero-order valence-corrected chi connectivity index (χ0v) is 13.6. The van der Waals surface area contributed by atoms with Crippen molar-refractivity contribution in [3.05, 3.63) is 0 Å². The molecule has 0 unspecified atom stereocenters. The lowest BCUT2D eigenvalue weighted by molar-refractivity contribution is 0.229. The Labute approximate surface area is 121 Å². The zero-order valence-electron chi connectivity index (χ0n) is 13.6. The predicted molar refractivity (Wildman–Crippen MR) is 85.7 cm³/mol. The van der Waals surface area contributed by atoms with Gasteiger partial charge >= 0.3 is 0 Å². The average molecular weight is 268 g/mol. The van der Waals surface area contributed by atoms with Gasteiger partial charge in [0.15, 0.2) is 0 Å². The van der Waals surface area contributed by atoms with E-state index >= 15 is 0 Å². The van der Waals surface area contributed by atoms with Gasteiger partial charge in [0.1, 0.15) is 0 Å². The third-order valence-corrected chi connectivity index (χ3v) is 4.53. The van der Waals surface area contributed by atoms with Gasteiger partial charge in [0, 0.05) is 12.6 Å². The molecule has 1 saturated carbocycles. The lowest BCUT2D eigenvalue weighted by Gasteiger charge is -2.25. The quantitative estimate of drug-likeness (QED) is 0.507. The summed E-state index contributed by atoms with van der Waals surface area (Å²) in [5.41, 5.74) is 0. The van der Waals surface area contributed by atoms with Crippen LogP contribution in [0.2, 0.25) is 0 Å². The van der Waals surface area contributed by atoms with E-state index in [2.05, 4.69) is 31.0 Å². The molecule has 1 aliphatic rings. The highest BCUT2D eigenvalue weighted by Crippen LogP contribution is 2.18. The Morgan fingerprint density at radius 2 is 1.68 bits per heavy atom. The molecule has 1 N–H and O–H groups in total. The first-order valence-electron chi connectivity index (χ1n) is 8.75. The van der Waals surface area contributed by atoms with Crippen molar-refractivity contribution in [2.45, 2.75) is 78.2 Å². The van der Waals surface area contributed by atoms with Crippen molar-refractivity contribution in [3.8, 4) is 0 Å². The zero-order chi connectivity index (χ0) is 13.9. The lowest BCUT2D eigenvalue weighted by atomic mass is 10.0. The van der Waals surface area contributed by atoms with Gasteiger partial charge < -0.3 is 10.2 Å². The molecule has 0 saturated heterocycles. The minimum atomic E-state index is 0.885. The molecule has 0 aliphatic heterocycles. The van der Waals surface area contributed by atoms with Gasteiger partial charge in [-0.2, -0.15) is 0 Å². The van der Waals surface area contributed by atoms with Crippen molar-refractivity contribution in [1.29, 1.82) is 0 Å². The fourth-order valence-corrected chi connectivity index (χ4v) is 2.70. The fourth-order valence-electron chi connectivity index (χ4n) is 2.70. The largest absolute Gasteiger partial charge is 0.314 e. The van der Waals surface area contributed by atoms with Crippen LogP contribution < -0.4 is 5.32 Å². The monoisotopic (exact) mass is 268 g/mol. The van der Waals surface area contributed by atoms with E-state index in [0.717, 1.165) is 12.0 Å². The summed E-state index contributed by atoms with van der Waals surface area (Å²) in [6.07, 6.45) is 11.1. The Kier molecular flexibility index (Phi) is 9.54. The van der Waals surface area contributed by atoms with Crippen LogP contribution in [0.15, 0.2) is 0 Å². The summed E-state index contributed by atoms with van der Waals surface area (Å²) in [5, 5.41) is 3.60. The maximum atomic E-state index is 3.60. The number of nitrogens with one attached hydrogen (secondary N) is 1. The highest BCUT2D eigenvalue weighted by Gasteiger charge is 2.19. The molecule has 0 atom stereocenters. The summed E-state index contributed by atoms with van der Waals surface area (Å²) < 4.78 is 0. The Hall–Kier alpha value is -0.0800. The number of nitrogens with zero attached hydrogens (tertiary/aromatic N) is 1. The van der Waals surface area contributed by atoms with Gasteiger partial charge in [-0.05, 0) is 51.2 Å². The van der Waals surface area contributed by atoms with Crippen LogP contribution in [0.4, 0.5) is 0 Å². The molecule has 19 heavy (non-hydrogen) atoms. The number of hydrogen-bond acceptors (Lipinski definition) is 2. The summed E-state index contributed by atoms with van der Waals surface area (Å²) in [6.45, 7) is 12.1. The van der Waals surface area contributed by atoms with Crippen LogP contribution in [0, 0.1) is 5.92 Å². The maximum absolute atomic E-state index is 3.60. The van der Waals surface area contributed by atoms with E-state index in [1.54, 1.807) is 0 Å². The average Bonchev–Trinajstić information content (AvgIpc) is 3.25. The van der Waals surface area contributed by atoms with E-state index in [9.17, 15) is 0 Å². The van der Waals surface area contributed by atoms with Crippen LogP contribution in [0.1, 0.15) is 72.1 Å². The molecule has 0 aromatic carbocycles. The predicted octanol–water partition coefficient (Wildman–Crippen LogP) is 4.06. The van der Waals surface area contributed by atoms with Crippen LogP contribution in [0.5, 0.6) is 0 Å². The summed E-state index contributed by atoms with van der Waals surface area (Å²) in [7, 11) is 0. The van der Waals surface area contributed by atoms with Crippen molar-refractivity contribution in [2.24, 2.45) is 5.92 Å². The molecule has 0 spiro atoms. The molecule has 1 fully saturated rings. The molecule has 2 heteroatoms. The molecule has 1 rings (SSSR count). The standard InChI is InChI=1S/C17H36N2/c1-4-16(5-2)15-19(6-3)14-10-8-7-9-13-18-17-11-12-17/h16-18H,4-15H2,1-3H3.